The molecule has 108 valence electrons. The maximum atomic E-state index is 5.65. The molecular weight excluding hydrogens is 270 g/mol. The van der Waals surface area contributed by atoms with Crippen LogP contribution >= 0.6 is 0 Å². The van der Waals surface area contributed by atoms with Crippen molar-refractivity contribution in [3.8, 4) is 0 Å². The van der Waals surface area contributed by atoms with Gasteiger partial charge in [-0.1, -0.05) is 0 Å². The van der Waals surface area contributed by atoms with E-state index in [0.717, 1.165) is 35.8 Å². The lowest BCUT2D eigenvalue weighted by Gasteiger charge is -2.10. The van der Waals surface area contributed by atoms with Gasteiger partial charge in [-0.3, -0.25) is 0 Å². The Labute approximate surface area is 120 Å². The van der Waals surface area contributed by atoms with Gasteiger partial charge in [-0.05, 0) is 26.7 Å². The molecule has 0 bridgehead atoms. The smallest absolute Gasteiger partial charge is 0.254 e. The molecule has 0 unspecified atom stereocenters. The Morgan fingerprint density at radius 2 is 2.19 bits per heavy atom. The molecule has 0 saturated heterocycles. The number of rotatable bonds is 4. The Balaban J connectivity index is 1.61. The Kier molecular flexibility index (Phi) is 2.63. The van der Waals surface area contributed by atoms with Crippen LogP contribution in [0.2, 0.25) is 0 Å². The highest BCUT2D eigenvalue weighted by Gasteiger charge is 2.29. The van der Waals surface area contributed by atoms with E-state index in [1.54, 1.807) is 4.52 Å². The molecule has 3 heterocycles. The van der Waals surface area contributed by atoms with E-state index < -0.39 is 0 Å². The van der Waals surface area contributed by atoms with Crippen molar-refractivity contribution in [3.63, 3.8) is 0 Å². The summed E-state index contributed by atoms with van der Waals surface area (Å²) in [6.07, 6.45) is 3.79. The van der Waals surface area contributed by atoms with Crippen molar-refractivity contribution in [2.24, 2.45) is 0 Å². The van der Waals surface area contributed by atoms with E-state index in [9.17, 15) is 0 Å². The van der Waals surface area contributed by atoms with E-state index >= 15 is 0 Å². The molecule has 1 aliphatic rings. The average molecular weight is 285 g/mol. The molecule has 1 saturated carbocycles. The number of hydrogen-bond donors (Lipinski definition) is 1. The second-order valence-corrected chi connectivity index (χ2v) is 5.30. The van der Waals surface area contributed by atoms with Crippen LogP contribution in [0.1, 0.15) is 41.8 Å². The predicted molar refractivity (Wildman–Crippen MR) is 73.9 cm³/mol. The molecule has 1 aliphatic carbocycles. The lowest BCUT2D eigenvalue weighted by Crippen LogP contribution is -2.10. The minimum absolute atomic E-state index is 0.457. The van der Waals surface area contributed by atoms with E-state index in [2.05, 4.69) is 30.6 Å². The molecule has 4 rings (SSSR count). The number of anilines is 1. The Bertz CT molecular complexity index is 802. The van der Waals surface area contributed by atoms with Crippen LogP contribution in [0.25, 0.3) is 5.78 Å². The standard InChI is InChI=1S/C13H15N7O/c1-7-8(2)17-13-15-6-16-20(13)11(7)14-5-10-18-19-12(21-10)9-3-4-9/h6,9,14H,3-5H2,1-2H3. The average Bonchev–Trinajstić information content (AvgIpc) is 3.04. The van der Waals surface area contributed by atoms with Crippen LogP contribution in [-0.4, -0.2) is 29.8 Å². The largest absolute Gasteiger partial charge is 0.423 e. The highest BCUT2D eigenvalue weighted by atomic mass is 16.4. The minimum Gasteiger partial charge on any atom is -0.423 e. The molecule has 21 heavy (non-hydrogen) atoms. The van der Waals surface area contributed by atoms with Gasteiger partial charge in [0.1, 0.15) is 12.1 Å². The van der Waals surface area contributed by atoms with E-state index in [1.165, 1.54) is 6.33 Å². The van der Waals surface area contributed by atoms with Crippen molar-refractivity contribution in [3.05, 3.63) is 29.4 Å². The summed E-state index contributed by atoms with van der Waals surface area (Å²) in [7, 11) is 0. The van der Waals surface area contributed by atoms with Gasteiger partial charge in [-0.25, -0.2) is 4.98 Å². The van der Waals surface area contributed by atoms with Crippen LogP contribution < -0.4 is 5.32 Å². The first-order valence-corrected chi connectivity index (χ1v) is 6.95. The Hall–Kier alpha value is -2.51. The maximum Gasteiger partial charge on any atom is 0.254 e. The monoisotopic (exact) mass is 285 g/mol. The number of hydrogen-bond acceptors (Lipinski definition) is 7. The third-order valence-electron chi connectivity index (χ3n) is 3.72. The van der Waals surface area contributed by atoms with Crippen molar-refractivity contribution < 1.29 is 4.42 Å². The fraction of sp³-hybridized carbons (Fsp3) is 0.462. The van der Waals surface area contributed by atoms with E-state index in [0.29, 0.717) is 24.1 Å². The van der Waals surface area contributed by atoms with E-state index in [1.807, 2.05) is 13.8 Å². The van der Waals surface area contributed by atoms with Gasteiger partial charge in [0, 0.05) is 17.2 Å². The molecular formula is C13H15N7O. The highest BCUT2D eigenvalue weighted by molar-refractivity contribution is 5.51. The quantitative estimate of drug-likeness (QED) is 0.778. The predicted octanol–water partition coefficient (Wildman–Crippen LogP) is 1.61. The number of aromatic nitrogens is 6. The van der Waals surface area contributed by atoms with Crippen molar-refractivity contribution in [1.29, 1.82) is 0 Å². The molecule has 0 atom stereocenters. The van der Waals surface area contributed by atoms with Crippen molar-refractivity contribution in [2.75, 3.05) is 5.32 Å². The third-order valence-corrected chi connectivity index (χ3v) is 3.72. The molecule has 1 fully saturated rings. The van der Waals surface area contributed by atoms with Crippen LogP contribution in [0.3, 0.4) is 0 Å². The lowest BCUT2D eigenvalue weighted by atomic mass is 10.2. The van der Waals surface area contributed by atoms with E-state index in [4.69, 9.17) is 4.42 Å². The zero-order chi connectivity index (χ0) is 14.4. The first-order valence-electron chi connectivity index (χ1n) is 6.95. The number of nitrogens with zero attached hydrogens (tertiary/aromatic N) is 6. The lowest BCUT2D eigenvalue weighted by molar-refractivity contribution is 0.456. The summed E-state index contributed by atoms with van der Waals surface area (Å²) in [6.45, 7) is 4.40. The summed E-state index contributed by atoms with van der Waals surface area (Å²) in [5.74, 6) is 3.23. The van der Waals surface area contributed by atoms with Crippen molar-refractivity contribution in [1.82, 2.24) is 29.8 Å². The Morgan fingerprint density at radius 3 is 3.00 bits per heavy atom. The van der Waals surface area contributed by atoms with Crippen LogP contribution in [0.4, 0.5) is 5.82 Å². The van der Waals surface area contributed by atoms with Gasteiger partial charge >= 0.3 is 0 Å². The van der Waals surface area contributed by atoms with Gasteiger partial charge in [-0.2, -0.15) is 14.6 Å². The number of fused-ring (bicyclic) bond motifs is 1. The van der Waals surface area contributed by atoms with Gasteiger partial charge in [0.2, 0.25) is 11.8 Å². The molecule has 1 N–H and O–H groups in total. The van der Waals surface area contributed by atoms with Gasteiger partial charge in [0.25, 0.3) is 5.78 Å². The zero-order valence-corrected chi connectivity index (χ0v) is 11.9. The normalized spacial score (nSPS) is 14.8. The summed E-state index contributed by atoms with van der Waals surface area (Å²) in [5.41, 5.74) is 1.94. The Morgan fingerprint density at radius 1 is 1.33 bits per heavy atom. The molecule has 3 aromatic heterocycles. The van der Waals surface area contributed by atoms with Crippen molar-refractivity contribution >= 4 is 11.6 Å². The fourth-order valence-electron chi connectivity index (χ4n) is 2.23. The number of aryl methyl sites for hydroxylation is 1. The molecule has 8 nitrogen and oxygen atoms in total. The summed E-state index contributed by atoms with van der Waals surface area (Å²) in [5, 5.41) is 15.6. The third kappa shape index (κ3) is 2.12. The van der Waals surface area contributed by atoms with Crippen LogP contribution in [-0.2, 0) is 6.54 Å². The highest BCUT2D eigenvalue weighted by Crippen LogP contribution is 2.39. The fourth-order valence-corrected chi connectivity index (χ4v) is 2.23. The zero-order valence-electron chi connectivity index (χ0n) is 11.9. The first-order chi connectivity index (χ1) is 10.2. The van der Waals surface area contributed by atoms with Crippen LogP contribution in [0, 0.1) is 13.8 Å². The SMILES string of the molecule is Cc1nc2ncnn2c(NCc2nnc(C3CC3)o2)c1C. The molecule has 8 heteroatoms. The van der Waals surface area contributed by atoms with Gasteiger partial charge in [0.05, 0.1) is 6.54 Å². The van der Waals surface area contributed by atoms with Gasteiger partial charge in [0.15, 0.2) is 0 Å². The second kappa shape index (κ2) is 4.51. The van der Waals surface area contributed by atoms with Crippen LogP contribution in [0.15, 0.2) is 10.7 Å². The number of nitrogens with one attached hydrogen (secondary N) is 1. The topological polar surface area (TPSA) is 94.0 Å². The summed E-state index contributed by atoms with van der Waals surface area (Å²) < 4.78 is 7.33. The molecule has 0 aliphatic heterocycles. The minimum atomic E-state index is 0.457. The van der Waals surface area contributed by atoms with Gasteiger partial charge in [-0.15, -0.1) is 10.2 Å². The molecule has 0 spiro atoms. The molecule has 0 aromatic carbocycles. The van der Waals surface area contributed by atoms with Gasteiger partial charge < -0.3 is 9.73 Å². The summed E-state index contributed by atoms with van der Waals surface area (Å²) in [4.78, 5) is 8.51. The summed E-state index contributed by atoms with van der Waals surface area (Å²) in [6, 6.07) is 0. The van der Waals surface area contributed by atoms with E-state index in [-0.39, 0.29) is 0 Å². The molecule has 0 amide bonds. The van der Waals surface area contributed by atoms with Crippen molar-refractivity contribution in [2.45, 2.75) is 39.2 Å². The van der Waals surface area contributed by atoms with Crippen LogP contribution in [0.5, 0.6) is 0 Å². The summed E-state index contributed by atoms with van der Waals surface area (Å²) >= 11 is 0. The second-order valence-electron chi connectivity index (χ2n) is 5.30. The first kappa shape index (κ1) is 12.2. The molecule has 0 radical (unpaired) electrons. The molecule has 3 aromatic rings. The maximum absolute atomic E-state index is 5.65.